The molecule has 174 valence electrons. The minimum atomic E-state index is -4.76. The largest absolute Gasteiger partial charge is 0.418 e. The predicted octanol–water partition coefficient (Wildman–Crippen LogP) is 5.50. The fraction of sp³-hybridized carbons (Fsp3) is 0.174. The number of alkyl halides is 3. The van der Waals surface area contributed by atoms with Crippen LogP contribution in [0, 0.1) is 6.92 Å². The lowest BCUT2D eigenvalue weighted by Crippen LogP contribution is -2.37. The molecule has 0 aromatic heterocycles. The highest BCUT2D eigenvalue weighted by Gasteiger charge is 2.35. The van der Waals surface area contributed by atoms with Gasteiger partial charge < -0.3 is 5.32 Å². The molecule has 0 aliphatic heterocycles. The summed E-state index contributed by atoms with van der Waals surface area (Å²) in [5.41, 5.74) is -0.0459. The van der Waals surface area contributed by atoms with Gasteiger partial charge in [-0.15, -0.1) is 0 Å². The maximum Gasteiger partial charge on any atom is 0.418 e. The first-order valence-corrected chi connectivity index (χ1v) is 11.6. The highest BCUT2D eigenvalue weighted by Crippen LogP contribution is 2.36. The van der Waals surface area contributed by atoms with Crippen LogP contribution >= 0.6 is 11.6 Å². The number of anilines is 1. The van der Waals surface area contributed by atoms with Crippen LogP contribution in [-0.2, 0) is 27.5 Å². The summed E-state index contributed by atoms with van der Waals surface area (Å²) >= 11 is 5.67. The van der Waals surface area contributed by atoms with Crippen LogP contribution in [-0.4, -0.2) is 25.2 Å². The Morgan fingerprint density at radius 1 is 1.00 bits per heavy atom. The van der Waals surface area contributed by atoms with Crippen molar-refractivity contribution >= 4 is 33.2 Å². The zero-order valence-electron chi connectivity index (χ0n) is 17.4. The van der Waals surface area contributed by atoms with Gasteiger partial charge in [-0.2, -0.15) is 17.5 Å². The Labute approximate surface area is 194 Å². The molecular formula is C23H20ClF3N2O3S. The number of carbonyl (C=O) groups is 1. The monoisotopic (exact) mass is 496 g/mol. The standard InChI is InChI=1S/C23H20ClF3N2O3S/c1-16-7-9-17(10-8-16)14-29(33(31,32)19-5-3-2-4-6-19)15-22(30)28-21-12-11-18(24)13-20(21)23(25,26)27/h2-13H,14-15H2,1H3,(H,28,30). The molecule has 3 rings (SSSR count). The van der Waals surface area contributed by atoms with E-state index in [0.29, 0.717) is 11.6 Å². The minimum Gasteiger partial charge on any atom is -0.324 e. The number of benzene rings is 3. The summed E-state index contributed by atoms with van der Waals surface area (Å²) in [6, 6.07) is 17.5. The first-order chi connectivity index (χ1) is 15.5. The molecule has 0 aliphatic rings. The molecule has 3 aromatic rings. The van der Waals surface area contributed by atoms with E-state index in [1.165, 1.54) is 18.2 Å². The molecule has 33 heavy (non-hydrogen) atoms. The lowest BCUT2D eigenvalue weighted by molar-refractivity contribution is -0.137. The van der Waals surface area contributed by atoms with Crippen LogP contribution in [0.25, 0.3) is 0 Å². The molecular weight excluding hydrogens is 477 g/mol. The molecule has 1 N–H and O–H groups in total. The van der Waals surface area contributed by atoms with E-state index in [1.54, 1.807) is 42.5 Å². The molecule has 0 radical (unpaired) electrons. The summed E-state index contributed by atoms with van der Waals surface area (Å²) in [4.78, 5) is 12.7. The molecule has 3 aromatic carbocycles. The van der Waals surface area contributed by atoms with Crippen molar-refractivity contribution in [2.45, 2.75) is 24.5 Å². The third kappa shape index (κ3) is 6.34. The number of hydrogen-bond donors (Lipinski definition) is 1. The minimum absolute atomic E-state index is 0.0348. The van der Waals surface area contributed by atoms with Gasteiger partial charge in [0.15, 0.2) is 0 Å². The van der Waals surface area contributed by atoms with Gasteiger partial charge in [0.1, 0.15) is 0 Å². The maximum absolute atomic E-state index is 13.4. The molecule has 0 bridgehead atoms. The van der Waals surface area contributed by atoms with Crippen LogP contribution in [0.15, 0.2) is 77.7 Å². The average Bonchev–Trinajstić information content (AvgIpc) is 2.76. The summed E-state index contributed by atoms with van der Waals surface area (Å²) in [6.07, 6.45) is -4.76. The molecule has 5 nitrogen and oxygen atoms in total. The molecule has 0 heterocycles. The number of carbonyl (C=O) groups excluding carboxylic acids is 1. The van der Waals surface area contributed by atoms with E-state index in [1.807, 2.05) is 6.92 Å². The Morgan fingerprint density at radius 3 is 2.24 bits per heavy atom. The van der Waals surface area contributed by atoms with Gasteiger partial charge in [0, 0.05) is 11.6 Å². The number of amides is 1. The van der Waals surface area contributed by atoms with E-state index < -0.39 is 39.9 Å². The first kappa shape index (κ1) is 24.8. The molecule has 10 heteroatoms. The molecule has 0 aliphatic carbocycles. The summed E-state index contributed by atoms with van der Waals surface area (Å²) < 4.78 is 67.4. The molecule has 1 amide bonds. The Balaban J connectivity index is 1.90. The van der Waals surface area contributed by atoms with E-state index in [2.05, 4.69) is 5.32 Å². The molecule has 0 spiro atoms. The lowest BCUT2D eigenvalue weighted by Gasteiger charge is -2.22. The van der Waals surface area contributed by atoms with Crippen molar-refractivity contribution in [1.82, 2.24) is 4.31 Å². The Bertz CT molecular complexity index is 1230. The van der Waals surface area contributed by atoms with Crippen LogP contribution in [0.5, 0.6) is 0 Å². The third-order valence-electron chi connectivity index (χ3n) is 4.74. The number of nitrogens with one attached hydrogen (secondary N) is 1. The number of hydrogen-bond acceptors (Lipinski definition) is 3. The second kappa shape index (κ2) is 9.94. The van der Waals surface area contributed by atoms with Crippen LogP contribution in [0.4, 0.5) is 18.9 Å². The van der Waals surface area contributed by atoms with Gasteiger partial charge in [-0.05, 0) is 42.8 Å². The van der Waals surface area contributed by atoms with E-state index in [4.69, 9.17) is 11.6 Å². The number of nitrogens with zero attached hydrogens (tertiary/aromatic N) is 1. The van der Waals surface area contributed by atoms with Gasteiger partial charge in [-0.25, -0.2) is 8.42 Å². The van der Waals surface area contributed by atoms with Crippen molar-refractivity contribution in [1.29, 1.82) is 0 Å². The van der Waals surface area contributed by atoms with Crippen molar-refractivity contribution in [3.8, 4) is 0 Å². The van der Waals surface area contributed by atoms with Gasteiger partial charge in [0.2, 0.25) is 15.9 Å². The molecule has 0 unspecified atom stereocenters. The number of sulfonamides is 1. The zero-order chi connectivity index (χ0) is 24.2. The van der Waals surface area contributed by atoms with Crippen LogP contribution in [0.1, 0.15) is 16.7 Å². The number of halogens is 4. The SMILES string of the molecule is Cc1ccc(CN(CC(=O)Nc2ccc(Cl)cc2C(F)(F)F)S(=O)(=O)c2ccccc2)cc1. The zero-order valence-corrected chi connectivity index (χ0v) is 19.0. The average molecular weight is 497 g/mol. The maximum atomic E-state index is 13.4. The van der Waals surface area contributed by atoms with E-state index in [0.717, 1.165) is 15.9 Å². The van der Waals surface area contributed by atoms with Gasteiger partial charge in [-0.1, -0.05) is 59.6 Å². The highest BCUT2D eigenvalue weighted by atomic mass is 35.5. The Morgan fingerprint density at radius 2 is 1.64 bits per heavy atom. The van der Waals surface area contributed by atoms with Gasteiger partial charge >= 0.3 is 6.18 Å². The summed E-state index contributed by atoms with van der Waals surface area (Å²) in [5, 5.41) is 2.02. The second-order valence-corrected chi connectivity index (χ2v) is 9.68. The summed E-state index contributed by atoms with van der Waals surface area (Å²) in [6.45, 7) is 1.04. The van der Waals surface area contributed by atoms with Gasteiger partial charge in [0.25, 0.3) is 0 Å². The van der Waals surface area contributed by atoms with Crippen LogP contribution in [0.2, 0.25) is 5.02 Å². The van der Waals surface area contributed by atoms with Crippen molar-refractivity contribution in [2.75, 3.05) is 11.9 Å². The van der Waals surface area contributed by atoms with Gasteiger partial charge in [0.05, 0.1) is 22.7 Å². The van der Waals surface area contributed by atoms with E-state index in [-0.39, 0.29) is 16.5 Å². The van der Waals surface area contributed by atoms with E-state index in [9.17, 15) is 26.4 Å². The van der Waals surface area contributed by atoms with Crippen molar-refractivity contribution in [3.05, 3.63) is 94.5 Å². The van der Waals surface area contributed by atoms with Crippen LogP contribution < -0.4 is 5.32 Å². The molecule has 0 saturated carbocycles. The van der Waals surface area contributed by atoms with Gasteiger partial charge in [-0.3, -0.25) is 4.79 Å². The molecule has 0 fully saturated rings. The van der Waals surface area contributed by atoms with Crippen molar-refractivity contribution in [3.63, 3.8) is 0 Å². The molecule has 0 saturated heterocycles. The normalized spacial score (nSPS) is 12.1. The smallest absolute Gasteiger partial charge is 0.324 e. The quantitative estimate of drug-likeness (QED) is 0.470. The molecule has 0 atom stereocenters. The second-order valence-electron chi connectivity index (χ2n) is 7.31. The fourth-order valence-electron chi connectivity index (χ4n) is 3.07. The van der Waals surface area contributed by atoms with Crippen molar-refractivity contribution < 1.29 is 26.4 Å². The summed E-state index contributed by atoms with van der Waals surface area (Å²) in [7, 11) is -4.11. The third-order valence-corrected chi connectivity index (χ3v) is 6.78. The topological polar surface area (TPSA) is 66.5 Å². The highest BCUT2D eigenvalue weighted by molar-refractivity contribution is 7.89. The van der Waals surface area contributed by atoms with Crippen LogP contribution in [0.3, 0.4) is 0 Å². The lowest BCUT2D eigenvalue weighted by atomic mass is 10.1. The Hall–Kier alpha value is -2.88. The first-order valence-electron chi connectivity index (χ1n) is 9.74. The fourth-order valence-corrected chi connectivity index (χ4v) is 4.65. The summed E-state index contributed by atoms with van der Waals surface area (Å²) in [5.74, 6) is -0.922. The number of rotatable bonds is 7. The number of aryl methyl sites for hydroxylation is 1. The van der Waals surface area contributed by atoms with E-state index >= 15 is 0 Å². The predicted molar refractivity (Wildman–Crippen MR) is 120 cm³/mol. The Kier molecular flexibility index (Phi) is 7.46. The van der Waals surface area contributed by atoms with Crippen molar-refractivity contribution in [2.24, 2.45) is 0 Å².